The van der Waals surface area contributed by atoms with Crippen molar-refractivity contribution < 1.29 is 0 Å². The van der Waals surface area contributed by atoms with Gasteiger partial charge in [-0.2, -0.15) is 0 Å². The number of allylic oxidation sites excluding steroid dienone is 3. The van der Waals surface area contributed by atoms with Gasteiger partial charge in [0.2, 0.25) is 0 Å². The molecule has 0 aliphatic carbocycles. The minimum atomic E-state index is 1.32. The van der Waals surface area contributed by atoms with Crippen molar-refractivity contribution in [3.63, 3.8) is 0 Å². The van der Waals surface area contributed by atoms with Crippen molar-refractivity contribution in [2.45, 2.75) is 13.8 Å². The van der Waals surface area contributed by atoms with E-state index in [0.717, 1.165) is 0 Å². The van der Waals surface area contributed by atoms with E-state index in [1.165, 1.54) is 5.57 Å². The molecule has 1 heteroatoms. The molecule has 0 rings (SSSR count). The molecule has 0 nitrogen and oxygen atoms in total. The van der Waals surface area contributed by atoms with Crippen LogP contribution in [-0.2, 0) is 0 Å². The van der Waals surface area contributed by atoms with Gasteiger partial charge in [0.1, 0.15) is 0 Å². The standard InChI is InChI=1S/C6H9.Li/c1-4-5-6(2)3;/h2,4-5H,1,3H3;/b5-4+,6-2?;. The Hall–Kier alpha value is 0.0774. The molecule has 34 valence electrons. The fraction of sp³-hybridized carbons (Fsp3) is 0.333. The predicted octanol–water partition coefficient (Wildman–Crippen LogP) is 1.63. The van der Waals surface area contributed by atoms with E-state index in [9.17, 15) is 0 Å². The Morgan fingerprint density at radius 1 is 1.57 bits per heavy atom. The maximum atomic E-state index is 2.08. The zero-order valence-corrected chi connectivity index (χ0v) is 5.23. The van der Waals surface area contributed by atoms with Crippen LogP contribution >= 0.6 is 0 Å². The molecule has 0 radical (unpaired) electrons. The normalized spacial score (nSPS) is 13.4. The van der Waals surface area contributed by atoms with E-state index in [4.69, 9.17) is 0 Å². The van der Waals surface area contributed by atoms with Gasteiger partial charge in [0.15, 0.2) is 0 Å². The summed E-state index contributed by atoms with van der Waals surface area (Å²) in [6, 6.07) is 0. The van der Waals surface area contributed by atoms with Gasteiger partial charge in [-0.3, -0.25) is 0 Å². The van der Waals surface area contributed by atoms with Gasteiger partial charge in [0, 0.05) is 0 Å². The maximum absolute atomic E-state index is 2.08. The summed E-state index contributed by atoms with van der Waals surface area (Å²) < 4.78 is 2.08. The molecule has 0 unspecified atom stereocenters. The van der Waals surface area contributed by atoms with Crippen LogP contribution in [0, 0.1) is 0 Å². The summed E-state index contributed by atoms with van der Waals surface area (Å²) in [6.07, 6.45) is 4.12. The van der Waals surface area contributed by atoms with Gasteiger partial charge in [-0.1, -0.05) is 0 Å². The van der Waals surface area contributed by atoms with Crippen LogP contribution in [0.25, 0.3) is 0 Å². The summed E-state index contributed by atoms with van der Waals surface area (Å²) in [4.78, 5) is 0. The number of rotatable bonds is 1. The van der Waals surface area contributed by atoms with E-state index in [0.29, 0.717) is 0 Å². The molecular formula is C6H9Li. The second-order valence-electron chi connectivity index (χ2n) is 1.53. The molecule has 0 heterocycles. The summed E-state index contributed by atoms with van der Waals surface area (Å²) in [5, 5.41) is 0. The van der Waals surface area contributed by atoms with Crippen LogP contribution in [-0.4, -0.2) is 17.7 Å². The summed E-state index contributed by atoms with van der Waals surface area (Å²) in [6.45, 7) is 4.10. The molecule has 0 N–H and O–H groups in total. The van der Waals surface area contributed by atoms with Gasteiger partial charge in [-0.25, -0.2) is 0 Å². The van der Waals surface area contributed by atoms with Crippen molar-refractivity contribution in [3.8, 4) is 0 Å². The molecular weight excluding hydrogens is 79.0 g/mol. The van der Waals surface area contributed by atoms with Gasteiger partial charge < -0.3 is 0 Å². The van der Waals surface area contributed by atoms with Crippen molar-refractivity contribution >= 4 is 17.7 Å². The van der Waals surface area contributed by atoms with E-state index in [2.05, 4.69) is 17.7 Å². The van der Waals surface area contributed by atoms with Crippen LogP contribution in [0.5, 0.6) is 0 Å². The Morgan fingerprint density at radius 3 is 2.29 bits per heavy atom. The molecule has 0 fully saturated rings. The zero-order valence-electron chi connectivity index (χ0n) is 5.23. The first-order valence-electron chi connectivity index (χ1n) is 2.57. The van der Waals surface area contributed by atoms with E-state index in [-0.39, 0.29) is 0 Å². The van der Waals surface area contributed by atoms with Crippen LogP contribution in [0.2, 0.25) is 0 Å². The van der Waals surface area contributed by atoms with E-state index >= 15 is 0 Å². The summed E-state index contributed by atoms with van der Waals surface area (Å²) in [7, 11) is 0. The molecule has 0 aliphatic rings. The van der Waals surface area contributed by atoms with Crippen molar-refractivity contribution in [1.82, 2.24) is 0 Å². The number of hydrogen-bond donors (Lipinski definition) is 0. The minimum absolute atomic E-state index is 1.32. The quantitative estimate of drug-likeness (QED) is 0.337. The van der Waals surface area contributed by atoms with Crippen LogP contribution < -0.4 is 0 Å². The second kappa shape index (κ2) is 4.24. The van der Waals surface area contributed by atoms with Gasteiger partial charge in [-0.05, 0) is 0 Å². The van der Waals surface area contributed by atoms with Crippen molar-refractivity contribution in [1.29, 1.82) is 0 Å². The monoisotopic (exact) mass is 88.1 g/mol. The summed E-state index contributed by atoms with van der Waals surface area (Å²) >= 11 is 2.04. The molecule has 0 aliphatic heterocycles. The van der Waals surface area contributed by atoms with Gasteiger partial charge in [0.25, 0.3) is 0 Å². The van der Waals surface area contributed by atoms with Crippen LogP contribution in [0.15, 0.2) is 22.5 Å². The van der Waals surface area contributed by atoms with Crippen LogP contribution in [0.1, 0.15) is 13.8 Å². The molecule has 0 spiro atoms. The Bertz CT molecular complexity index is 90.4. The van der Waals surface area contributed by atoms with E-state index < -0.39 is 0 Å². The molecule has 0 saturated carbocycles. The molecule has 0 aromatic carbocycles. The SMILES string of the molecule is [Li]/[CH]=C(C)/C=C/C. The third kappa shape index (κ3) is 3.92. The van der Waals surface area contributed by atoms with Crippen LogP contribution in [0.4, 0.5) is 0 Å². The molecule has 0 saturated heterocycles. The fourth-order valence-corrected chi connectivity index (χ4v) is 0.359. The summed E-state index contributed by atoms with van der Waals surface area (Å²) in [5.41, 5.74) is 1.32. The van der Waals surface area contributed by atoms with E-state index in [1.807, 2.05) is 30.7 Å². The Balaban J connectivity index is 3.58. The zero-order chi connectivity index (χ0) is 5.70. The third-order valence-electron chi connectivity index (χ3n) is 0.885. The molecule has 7 heavy (non-hydrogen) atoms. The molecule has 0 aromatic rings. The first-order chi connectivity index (χ1) is 3.31. The third-order valence-corrected chi connectivity index (χ3v) is 0.885. The molecule has 0 atom stereocenters. The molecule has 0 aromatic heterocycles. The average Bonchev–Trinajstić information content (AvgIpc) is 1.68. The van der Waals surface area contributed by atoms with Gasteiger partial charge >= 0.3 is 54.0 Å². The predicted molar refractivity (Wildman–Crippen MR) is 34.3 cm³/mol. The van der Waals surface area contributed by atoms with E-state index in [1.54, 1.807) is 0 Å². The molecule has 0 bridgehead atoms. The fourth-order valence-electron chi connectivity index (χ4n) is 0.359. The van der Waals surface area contributed by atoms with Crippen molar-refractivity contribution in [2.24, 2.45) is 0 Å². The Labute approximate surface area is 54.5 Å². The second-order valence-corrected chi connectivity index (χ2v) is 1.53. The Kier molecular flexibility index (Phi) is 4.29. The van der Waals surface area contributed by atoms with Gasteiger partial charge in [0.05, 0.1) is 0 Å². The molecule has 0 amide bonds. The average molecular weight is 88.1 g/mol. The number of hydrogen-bond acceptors (Lipinski definition) is 0. The van der Waals surface area contributed by atoms with Crippen LogP contribution in [0.3, 0.4) is 0 Å². The first-order valence-corrected chi connectivity index (χ1v) is 2.57. The first kappa shape index (κ1) is 7.08. The Morgan fingerprint density at radius 2 is 2.14 bits per heavy atom. The topological polar surface area (TPSA) is 0 Å². The van der Waals surface area contributed by atoms with Crippen molar-refractivity contribution in [2.75, 3.05) is 0 Å². The van der Waals surface area contributed by atoms with Crippen molar-refractivity contribution in [3.05, 3.63) is 22.5 Å². The van der Waals surface area contributed by atoms with Gasteiger partial charge in [-0.15, -0.1) is 0 Å². The summed E-state index contributed by atoms with van der Waals surface area (Å²) in [5.74, 6) is 0.